The van der Waals surface area contributed by atoms with Gasteiger partial charge in [-0.3, -0.25) is 9.59 Å². The quantitative estimate of drug-likeness (QED) is 0.758. The van der Waals surface area contributed by atoms with E-state index < -0.39 is 6.04 Å². The summed E-state index contributed by atoms with van der Waals surface area (Å²) in [5, 5.41) is 3.75. The Hall–Kier alpha value is -1.30. The maximum atomic E-state index is 13.3. The number of nitrogens with one attached hydrogen (secondary N) is 1. The minimum absolute atomic E-state index is 0. The summed E-state index contributed by atoms with van der Waals surface area (Å²) in [5.74, 6) is 0.831. The molecule has 2 amide bonds. The molecule has 2 saturated carbocycles. The topological polar surface area (TPSA) is 75.4 Å². The van der Waals surface area contributed by atoms with Gasteiger partial charge in [0, 0.05) is 29.2 Å². The van der Waals surface area contributed by atoms with Gasteiger partial charge >= 0.3 is 0 Å². The predicted molar refractivity (Wildman–Crippen MR) is 113 cm³/mol. The van der Waals surface area contributed by atoms with E-state index in [4.69, 9.17) is 17.3 Å². The number of nitrogens with zero attached hydrogens (tertiary/aromatic N) is 1. The van der Waals surface area contributed by atoms with Crippen LogP contribution < -0.4 is 11.1 Å². The van der Waals surface area contributed by atoms with Crippen LogP contribution in [0, 0.1) is 11.8 Å². The van der Waals surface area contributed by atoms with Crippen molar-refractivity contribution < 1.29 is 9.59 Å². The molecule has 1 aliphatic heterocycles. The average Bonchev–Trinajstić information content (AvgIpc) is 3.45. The van der Waals surface area contributed by atoms with E-state index in [0.717, 1.165) is 38.5 Å². The van der Waals surface area contributed by atoms with Gasteiger partial charge in [-0.2, -0.15) is 0 Å². The molecule has 0 radical (unpaired) electrons. The normalized spacial score (nSPS) is 27.5. The highest BCUT2D eigenvalue weighted by Gasteiger charge is 2.48. The van der Waals surface area contributed by atoms with Gasteiger partial charge < -0.3 is 16.0 Å². The van der Waals surface area contributed by atoms with Crippen LogP contribution >= 0.6 is 24.0 Å². The lowest BCUT2D eigenvalue weighted by molar-refractivity contribution is -0.126. The summed E-state index contributed by atoms with van der Waals surface area (Å²) in [6.07, 6.45) is 7.41. The van der Waals surface area contributed by atoms with Crippen molar-refractivity contribution in [3.63, 3.8) is 0 Å². The monoisotopic (exact) mass is 425 g/mol. The molecule has 1 heterocycles. The molecule has 3 N–H and O–H groups in total. The molecule has 4 atom stereocenters. The van der Waals surface area contributed by atoms with Gasteiger partial charge in [-0.25, -0.2) is 0 Å². The van der Waals surface area contributed by atoms with Crippen molar-refractivity contribution in [2.45, 2.75) is 63.1 Å². The lowest BCUT2D eigenvalue weighted by Crippen LogP contribution is -2.53. The van der Waals surface area contributed by atoms with E-state index in [-0.39, 0.29) is 36.3 Å². The van der Waals surface area contributed by atoms with Crippen molar-refractivity contribution >= 4 is 35.8 Å². The Morgan fingerprint density at radius 1 is 1.14 bits per heavy atom. The molecule has 0 bridgehead atoms. The molecule has 5 nitrogen and oxygen atoms in total. The molecular weight excluding hydrogens is 397 g/mol. The Labute approximate surface area is 177 Å². The minimum atomic E-state index is -0.394. The van der Waals surface area contributed by atoms with E-state index in [1.807, 2.05) is 4.90 Å². The minimum Gasteiger partial charge on any atom is -0.350 e. The summed E-state index contributed by atoms with van der Waals surface area (Å²) in [6.45, 7) is 0.459. The second-order valence-electron chi connectivity index (χ2n) is 8.27. The SMILES string of the molecule is Cl.NCC(NC(=O)C1CC2CCCCC2N1C(=O)c1ccc(Cl)cc1)C1CC1. The number of fused-ring (bicyclic) bond motifs is 1. The highest BCUT2D eigenvalue weighted by molar-refractivity contribution is 6.30. The summed E-state index contributed by atoms with van der Waals surface area (Å²) in [4.78, 5) is 28.3. The zero-order valence-corrected chi connectivity index (χ0v) is 17.6. The highest BCUT2D eigenvalue weighted by Crippen LogP contribution is 2.41. The van der Waals surface area contributed by atoms with E-state index in [0.29, 0.717) is 29.0 Å². The molecular formula is C21H29Cl2N3O2. The average molecular weight is 426 g/mol. The molecule has 3 aliphatic rings. The van der Waals surface area contributed by atoms with E-state index >= 15 is 0 Å². The largest absolute Gasteiger partial charge is 0.350 e. The van der Waals surface area contributed by atoms with Crippen molar-refractivity contribution in [2.24, 2.45) is 17.6 Å². The maximum Gasteiger partial charge on any atom is 0.254 e. The molecule has 1 aromatic rings. The maximum absolute atomic E-state index is 13.3. The van der Waals surface area contributed by atoms with Crippen molar-refractivity contribution in [1.29, 1.82) is 0 Å². The molecule has 3 fully saturated rings. The number of hydrogen-bond donors (Lipinski definition) is 2. The zero-order valence-electron chi connectivity index (χ0n) is 16.0. The van der Waals surface area contributed by atoms with Crippen LogP contribution in [0.15, 0.2) is 24.3 Å². The number of nitrogens with two attached hydrogens (primary N) is 1. The lowest BCUT2D eigenvalue weighted by atomic mass is 9.84. The molecule has 28 heavy (non-hydrogen) atoms. The number of rotatable bonds is 5. The van der Waals surface area contributed by atoms with E-state index in [9.17, 15) is 9.59 Å². The number of carbonyl (C=O) groups is 2. The van der Waals surface area contributed by atoms with Gasteiger partial charge in [0.1, 0.15) is 6.04 Å². The second kappa shape index (κ2) is 9.02. The van der Waals surface area contributed by atoms with Gasteiger partial charge in [0.15, 0.2) is 0 Å². The molecule has 7 heteroatoms. The van der Waals surface area contributed by atoms with Crippen LogP contribution in [-0.4, -0.2) is 41.4 Å². The number of benzene rings is 1. The summed E-state index contributed by atoms with van der Waals surface area (Å²) in [5.41, 5.74) is 6.47. The van der Waals surface area contributed by atoms with Gasteiger partial charge in [0.05, 0.1) is 0 Å². The Bertz CT molecular complexity index is 708. The standard InChI is InChI=1S/C21H28ClN3O2.ClH/c22-16-9-7-14(8-10-16)21(27)25-18-4-2-1-3-15(18)11-19(25)20(26)24-17(12-23)13-5-6-13;/h7-10,13,15,17-19H,1-6,11-12,23H2,(H,24,26);1H. The lowest BCUT2D eigenvalue weighted by Gasteiger charge is -2.34. The molecule has 0 spiro atoms. The van der Waals surface area contributed by atoms with E-state index in [2.05, 4.69) is 5.32 Å². The molecule has 154 valence electrons. The van der Waals surface area contributed by atoms with Crippen LogP contribution in [0.2, 0.25) is 5.02 Å². The fourth-order valence-corrected chi connectivity index (χ4v) is 5.00. The van der Waals surface area contributed by atoms with Crippen molar-refractivity contribution in [1.82, 2.24) is 10.2 Å². The van der Waals surface area contributed by atoms with Crippen LogP contribution in [0.5, 0.6) is 0 Å². The third kappa shape index (κ3) is 4.32. The summed E-state index contributed by atoms with van der Waals surface area (Å²) in [7, 11) is 0. The van der Waals surface area contributed by atoms with Crippen molar-refractivity contribution in [3.8, 4) is 0 Å². The fourth-order valence-electron chi connectivity index (χ4n) is 4.87. The first-order valence-corrected chi connectivity index (χ1v) is 10.5. The highest BCUT2D eigenvalue weighted by atomic mass is 35.5. The summed E-state index contributed by atoms with van der Waals surface area (Å²) < 4.78 is 0. The molecule has 4 unspecified atom stereocenters. The smallest absolute Gasteiger partial charge is 0.254 e. The van der Waals surface area contributed by atoms with E-state index in [1.165, 1.54) is 6.42 Å². The number of halogens is 2. The van der Waals surface area contributed by atoms with Gasteiger partial charge in [-0.05, 0) is 68.2 Å². The third-order valence-corrected chi connectivity index (χ3v) is 6.74. The van der Waals surface area contributed by atoms with Crippen molar-refractivity contribution in [3.05, 3.63) is 34.9 Å². The third-order valence-electron chi connectivity index (χ3n) is 6.49. The summed E-state index contributed by atoms with van der Waals surface area (Å²) in [6, 6.07) is 6.77. The number of carbonyl (C=O) groups excluding carboxylic acids is 2. The Morgan fingerprint density at radius 3 is 2.46 bits per heavy atom. The molecule has 2 aliphatic carbocycles. The first-order valence-electron chi connectivity index (χ1n) is 10.2. The van der Waals surface area contributed by atoms with Gasteiger partial charge in [-0.15, -0.1) is 12.4 Å². The Balaban J connectivity index is 0.00000225. The van der Waals surface area contributed by atoms with Crippen LogP contribution in [0.1, 0.15) is 55.3 Å². The Morgan fingerprint density at radius 2 is 1.82 bits per heavy atom. The number of amides is 2. The number of likely N-dealkylation sites (tertiary alicyclic amines) is 1. The number of hydrogen-bond acceptors (Lipinski definition) is 3. The van der Waals surface area contributed by atoms with Crippen LogP contribution in [0.25, 0.3) is 0 Å². The van der Waals surface area contributed by atoms with Crippen LogP contribution in [0.3, 0.4) is 0 Å². The van der Waals surface area contributed by atoms with Gasteiger partial charge in [0.2, 0.25) is 5.91 Å². The van der Waals surface area contributed by atoms with E-state index in [1.54, 1.807) is 24.3 Å². The molecule has 1 aromatic carbocycles. The predicted octanol–water partition coefficient (Wildman–Crippen LogP) is 3.39. The zero-order chi connectivity index (χ0) is 19.0. The van der Waals surface area contributed by atoms with Crippen molar-refractivity contribution in [2.75, 3.05) is 6.54 Å². The van der Waals surface area contributed by atoms with Crippen LogP contribution in [-0.2, 0) is 4.79 Å². The van der Waals surface area contributed by atoms with Crippen LogP contribution in [0.4, 0.5) is 0 Å². The molecule has 1 saturated heterocycles. The fraction of sp³-hybridized carbons (Fsp3) is 0.619. The summed E-state index contributed by atoms with van der Waals surface area (Å²) >= 11 is 5.97. The molecule has 4 rings (SSSR count). The van der Waals surface area contributed by atoms with Gasteiger partial charge in [0.25, 0.3) is 5.91 Å². The first-order chi connectivity index (χ1) is 13.1. The second-order valence-corrected chi connectivity index (χ2v) is 8.71. The molecule has 0 aromatic heterocycles. The first kappa shape index (κ1) is 21.4. The Kier molecular flexibility index (Phi) is 6.89. The van der Waals surface area contributed by atoms with Gasteiger partial charge in [-0.1, -0.05) is 24.4 Å².